The summed E-state index contributed by atoms with van der Waals surface area (Å²) in [5.41, 5.74) is 2.32. The second kappa shape index (κ2) is 8.95. The van der Waals surface area contributed by atoms with Crippen molar-refractivity contribution in [1.29, 1.82) is 0 Å². The van der Waals surface area contributed by atoms with Gasteiger partial charge in [0.25, 0.3) is 0 Å². The fourth-order valence-corrected chi connectivity index (χ4v) is 3.62. The molecule has 1 fully saturated rings. The molecule has 1 amide bonds. The monoisotopic (exact) mass is 354 g/mol. The number of piperidine rings is 1. The Morgan fingerprint density at radius 2 is 1.77 bits per heavy atom. The van der Waals surface area contributed by atoms with E-state index in [9.17, 15) is 9.18 Å². The highest BCUT2D eigenvalue weighted by molar-refractivity contribution is 5.78. The van der Waals surface area contributed by atoms with Crippen molar-refractivity contribution in [1.82, 2.24) is 10.2 Å². The standard InChI is InChI=1S/C22H27FN2O/c1-17(20-7-9-21(23)10-8-20)24-22(26)16-25-13-11-19(12-14-25)15-18-5-3-2-4-6-18/h2-10,17,19H,11-16H2,1H3,(H,24,26). The van der Waals surface area contributed by atoms with Crippen molar-refractivity contribution in [3.63, 3.8) is 0 Å². The second-order valence-electron chi connectivity index (χ2n) is 7.25. The van der Waals surface area contributed by atoms with Gasteiger partial charge in [-0.05, 0) is 68.5 Å². The number of benzene rings is 2. The number of hydrogen-bond donors (Lipinski definition) is 1. The van der Waals surface area contributed by atoms with Crippen LogP contribution in [0.25, 0.3) is 0 Å². The molecule has 3 nitrogen and oxygen atoms in total. The van der Waals surface area contributed by atoms with E-state index < -0.39 is 0 Å². The average Bonchev–Trinajstić information content (AvgIpc) is 2.64. The van der Waals surface area contributed by atoms with Gasteiger partial charge in [0.15, 0.2) is 0 Å². The molecule has 0 saturated carbocycles. The summed E-state index contributed by atoms with van der Waals surface area (Å²) in [6.45, 7) is 4.30. The van der Waals surface area contributed by atoms with E-state index in [2.05, 4.69) is 40.5 Å². The van der Waals surface area contributed by atoms with E-state index in [4.69, 9.17) is 0 Å². The van der Waals surface area contributed by atoms with Gasteiger partial charge < -0.3 is 5.32 Å². The second-order valence-corrected chi connectivity index (χ2v) is 7.25. The van der Waals surface area contributed by atoms with Gasteiger partial charge in [-0.25, -0.2) is 4.39 Å². The number of hydrogen-bond acceptors (Lipinski definition) is 2. The number of halogens is 1. The number of nitrogens with one attached hydrogen (secondary N) is 1. The van der Waals surface area contributed by atoms with Gasteiger partial charge in [-0.3, -0.25) is 9.69 Å². The third-order valence-electron chi connectivity index (χ3n) is 5.19. The molecule has 1 heterocycles. The number of amides is 1. The molecule has 1 N–H and O–H groups in total. The number of rotatable bonds is 6. The molecule has 0 spiro atoms. The quantitative estimate of drug-likeness (QED) is 0.852. The van der Waals surface area contributed by atoms with E-state index in [0.29, 0.717) is 12.5 Å². The van der Waals surface area contributed by atoms with E-state index in [1.165, 1.54) is 17.7 Å². The Balaban J connectivity index is 1.41. The van der Waals surface area contributed by atoms with Crippen molar-refractivity contribution in [2.45, 2.75) is 32.2 Å². The fourth-order valence-electron chi connectivity index (χ4n) is 3.62. The predicted molar refractivity (Wildman–Crippen MR) is 102 cm³/mol. The first-order valence-electron chi connectivity index (χ1n) is 9.41. The van der Waals surface area contributed by atoms with Gasteiger partial charge >= 0.3 is 0 Å². The molecule has 3 rings (SSSR count). The van der Waals surface area contributed by atoms with Crippen LogP contribution in [0.5, 0.6) is 0 Å². The molecule has 138 valence electrons. The van der Waals surface area contributed by atoms with Gasteiger partial charge in [-0.2, -0.15) is 0 Å². The number of carbonyl (C=O) groups excluding carboxylic acids is 1. The largest absolute Gasteiger partial charge is 0.348 e. The van der Waals surface area contributed by atoms with Crippen LogP contribution < -0.4 is 5.32 Å². The van der Waals surface area contributed by atoms with E-state index >= 15 is 0 Å². The van der Waals surface area contributed by atoms with Gasteiger partial charge in [0.05, 0.1) is 12.6 Å². The molecular formula is C22H27FN2O. The van der Waals surface area contributed by atoms with Gasteiger partial charge in [0.2, 0.25) is 5.91 Å². The lowest BCUT2D eigenvalue weighted by Gasteiger charge is -2.31. The van der Waals surface area contributed by atoms with Crippen LogP contribution in [0.2, 0.25) is 0 Å². The maximum absolute atomic E-state index is 13.0. The maximum Gasteiger partial charge on any atom is 0.234 e. The Morgan fingerprint density at radius 3 is 2.42 bits per heavy atom. The molecule has 0 bridgehead atoms. The minimum absolute atomic E-state index is 0.0309. The third kappa shape index (κ3) is 5.40. The molecule has 2 aromatic rings. The first kappa shape index (κ1) is 18.6. The molecule has 1 unspecified atom stereocenters. The van der Waals surface area contributed by atoms with Crippen molar-refractivity contribution >= 4 is 5.91 Å². The van der Waals surface area contributed by atoms with Crippen LogP contribution in [0.15, 0.2) is 54.6 Å². The van der Waals surface area contributed by atoms with Crippen molar-refractivity contribution < 1.29 is 9.18 Å². The lowest BCUT2D eigenvalue weighted by molar-refractivity contribution is -0.123. The van der Waals surface area contributed by atoms with E-state index in [1.807, 2.05) is 6.92 Å². The number of carbonyl (C=O) groups is 1. The SMILES string of the molecule is CC(NC(=O)CN1CCC(Cc2ccccc2)CC1)c1ccc(F)cc1. The minimum atomic E-state index is -0.259. The first-order chi connectivity index (χ1) is 12.6. The highest BCUT2D eigenvalue weighted by Crippen LogP contribution is 2.21. The lowest BCUT2D eigenvalue weighted by Crippen LogP contribution is -2.42. The maximum atomic E-state index is 13.0. The van der Waals surface area contributed by atoms with Crippen molar-refractivity contribution in [3.05, 3.63) is 71.5 Å². The Morgan fingerprint density at radius 1 is 1.12 bits per heavy atom. The van der Waals surface area contributed by atoms with Gasteiger partial charge in [0, 0.05) is 0 Å². The van der Waals surface area contributed by atoms with E-state index in [-0.39, 0.29) is 17.8 Å². The summed E-state index contributed by atoms with van der Waals surface area (Å²) in [6.07, 6.45) is 3.40. The summed E-state index contributed by atoms with van der Waals surface area (Å²) in [5, 5.41) is 3.01. The Hall–Kier alpha value is -2.20. The third-order valence-corrected chi connectivity index (χ3v) is 5.19. The zero-order valence-electron chi connectivity index (χ0n) is 15.3. The van der Waals surface area contributed by atoms with Crippen molar-refractivity contribution in [2.75, 3.05) is 19.6 Å². The van der Waals surface area contributed by atoms with Gasteiger partial charge in [-0.1, -0.05) is 42.5 Å². The highest BCUT2D eigenvalue weighted by Gasteiger charge is 2.21. The van der Waals surface area contributed by atoms with Crippen LogP contribution in [0, 0.1) is 11.7 Å². The summed E-state index contributed by atoms with van der Waals surface area (Å²) < 4.78 is 13.0. The highest BCUT2D eigenvalue weighted by atomic mass is 19.1. The molecule has 4 heteroatoms. The molecular weight excluding hydrogens is 327 g/mol. The van der Waals surface area contributed by atoms with Gasteiger partial charge in [-0.15, -0.1) is 0 Å². The van der Waals surface area contributed by atoms with Crippen LogP contribution in [-0.2, 0) is 11.2 Å². The number of likely N-dealkylation sites (tertiary alicyclic amines) is 1. The molecule has 2 aromatic carbocycles. The van der Waals surface area contributed by atoms with Crippen LogP contribution in [0.3, 0.4) is 0 Å². The Kier molecular flexibility index (Phi) is 6.40. The zero-order valence-corrected chi connectivity index (χ0v) is 15.3. The zero-order chi connectivity index (χ0) is 18.4. The van der Waals surface area contributed by atoms with E-state index in [0.717, 1.165) is 37.9 Å². The molecule has 0 aromatic heterocycles. The Labute approximate surface area is 155 Å². The van der Waals surface area contributed by atoms with Crippen molar-refractivity contribution in [2.24, 2.45) is 5.92 Å². The molecule has 1 aliphatic heterocycles. The lowest BCUT2D eigenvalue weighted by atomic mass is 9.90. The predicted octanol–water partition coefficient (Wildman–Crippen LogP) is 3.96. The smallest absolute Gasteiger partial charge is 0.234 e. The Bertz CT molecular complexity index is 694. The molecule has 0 radical (unpaired) electrons. The topological polar surface area (TPSA) is 32.3 Å². The molecule has 1 saturated heterocycles. The molecule has 0 aliphatic carbocycles. The number of nitrogens with zero attached hydrogens (tertiary/aromatic N) is 1. The molecule has 1 aliphatic rings. The fraction of sp³-hybridized carbons (Fsp3) is 0.409. The summed E-state index contributed by atoms with van der Waals surface area (Å²) in [4.78, 5) is 14.5. The first-order valence-corrected chi connectivity index (χ1v) is 9.41. The van der Waals surface area contributed by atoms with Crippen LogP contribution in [0.1, 0.15) is 36.9 Å². The van der Waals surface area contributed by atoms with Crippen LogP contribution in [-0.4, -0.2) is 30.4 Å². The normalized spacial score (nSPS) is 17.0. The van der Waals surface area contributed by atoms with Crippen molar-refractivity contribution in [3.8, 4) is 0 Å². The summed E-state index contributed by atoms with van der Waals surface area (Å²) in [7, 11) is 0. The molecule has 1 atom stereocenters. The average molecular weight is 354 g/mol. The van der Waals surface area contributed by atoms with Crippen LogP contribution in [0.4, 0.5) is 4.39 Å². The molecule has 26 heavy (non-hydrogen) atoms. The van der Waals surface area contributed by atoms with E-state index in [1.54, 1.807) is 12.1 Å². The minimum Gasteiger partial charge on any atom is -0.348 e. The summed E-state index contributed by atoms with van der Waals surface area (Å²) >= 11 is 0. The summed E-state index contributed by atoms with van der Waals surface area (Å²) in [5.74, 6) is 0.476. The summed E-state index contributed by atoms with van der Waals surface area (Å²) in [6, 6.07) is 16.8. The van der Waals surface area contributed by atoms with Gasteiger partial charge in [0.1, 0.15) is 5.82 Å². The van der Waals surface area contributed by atoms with Crippen LogP contribution >= 0.6 is 0 Å².